The Kier molecular flexibility index (Phi) is 10.5. The summed E-state index contributed by atoms with van der Waals surface area (Å²) in [6, 6.07) is 2.39. The minimum atomic E-state index is -1.13. The van der Waals surface area contributed by atoms with Crippen LogP contribution in [-0.4, -0.2) is 78.3 Å². The number of ether oxygens (including phenoxy) is 2. The Morgan fingerprint density at radius 1 is 1.29 bits per heavy atom. The molecular formula is C29H40N2O7. The van der Waals surface area contributed by atoms with E-state index in [4.69, 9.17) is 9.47 Å². The lowest BCUT2D eigenvalue weighted by Crippen LogP contribution is -2.56. The van der Waals surface area contributed by atoms with E-state index in [0.29, 0.717) is 59.8 Å². The fourth-order valence-corrected chi connectivity index (χ4v) is 5.10. The van der Waals surface area contributed by atoms with Gasteiger partial charge in [0, 0.05) is 36.2 Å². The van der Waals surface area contributed by atoms with Crippen LogP contribution in [0.3, 0.4) is 0 Å². The molecule has 1 aromatic rings. The van der Waals surface area contributed by atoms with Gasteiger partial charge in [0.15, 0.2) is 11.5 Å². The van der Waals surface area contributed by atoms with E-state index >= 15 is 0 Å². The summed E-state index contributed by atoms with van der Waals surface area (Å²) in [5, 5.41) is 23.6. The largest absolute Gasteiger partial charge is 0.493 e. The van der Waals surface area contributed by atoms with Gasteiger partial charge in [-0.05, 0) is 49.8 Å². The van der Waals surface area contributed by atoms with Gasteiger partial charge in [0.05, 0.1) is 25.7 Å². The van der Waals surface area contributed by atoms with E-state index in [1.807, 2.05) is 6.08 Å². The van der Waals surface area contributed by atoms with Gasteiger partial charge in [0.1, 0.15) is 18.5 Å². The Labute approximate surface area is 224 Å². The number of aliphatic hydroxyl groups is 2. The van der Waals surface area contributed by atoms with E-state index < -0.39 is 30.1 Å². The van der Waals surface area contributed by atoms with Gasteiger partial charge >= 0.3 is 0 Å². The van der Waals surface area contributed by atoms with E-state index in [0.717, 1.165) is 19.3 Å². The number of carbonyl (C=O) groups excluding carboxylic acids is 3. The first kappa shape index (κ1) is 29.4. The van der Waals surface area contributed by atoms with Gasteiger partial charge in [-0.1, -0.05) is 19.9 Å². The number of benzene rings is 1. The molecule has 208 valence electrons. The zero-order chi connectivity index (χ0) is 27.8. The van der Waals surface area contributed by atoms with Gasteiger partial charge in [0.25, 0.3) is 0 Å². The highest BCUT2D eigenvalue weighted by molar-refractivity contribution is 5.96. The second-order valence-electron chi connectivity index (χ2n) is 10.2. The molecule has 9 nitrogen and oxygen atoms in total. The molecule has 4 atom stereocenters. The number of unbranched alkanes of at least 4 members (excludes halogenated alkanes) is 2. The number of hydrogen-bond donors (Lipinski definition) is 3. The van der Waals surface area contributed by atoms with Crippen LogP contribution < -0.4 is 14.8 Å². The van der Waals surface area contributed by atoms with Gasteiger partial charge in [-0.3, -0.25) is 14.4 Å². The summed E-state index contributed by atoms with van der Waals surface area (Å²) < 4.78 is 11.7. The first-order valence-corrected chi connectivity index (χ1v) is 13.3. The van der Waals surface area contributed by atoms with Gasteiger partial charge in [0.2, 0.25) is 11.8 Å². The van der Waals surface area contributed by atoms with Gasteiger partial charge in [-0.2, -0.15) is 0 Å². The molecule has 1 aromatic carbocycles. The molecule has 2 amide bonds. The molecule has 4 unspecified atom stereocenters. The van der Waals surface area contributed by atoms with Crippen molar-refractivity contribution < 1.29 is 34.1 Å². The molecule has 0 saturated carbocycles. The number of fused-ring (bicyclic) bond motifs is 3. The third-order valence-corrected chi connectivity index (χ3v) is 7.09. The second-order valence-corrected chi connectivity index (χ2v) is 10.2. The highest BCUT2D eigenvalue weighted by Crippen LogP contribution is 2.51. The van der Waals surface area contributed by atoms with Gasteiger partial charge in [-0.25, -0.2) is 0 Å². The maximum Gasteiger partial charge on any atom is 0.247 e. The Bertz CT molecular complexity index is 1050. The Morgan fingerprint density at radius 3 is 2.68 bits per heavy atom. The van der Waals surface area contributed by atoms with E-state index in [9.17, 15) is 24.6 Å². The number of allylic oxidation sites excluding steroid dienone is 1. The lowest BCUT2D eigenvalue weighted by molar-refractivity contribution is -0.137. The van der Waals surface area contributed by atoms with Crippen LogP contribution in [-0.2, 0) is 9.59 Å². The summed E-state index contributed by atoms with van der Waals surface area (Å²) in [6.45, 7) is 8.09. The average molecular weight is 529 g/mol. The fraction of sp³-hybridized carbons (Fsp3) is 0.552. The van der Waals surface area contributed by atoms with Gasteiger partial charge in [-0.15, -0.1) is 6.58 Å². The molecule has 0 spiro atoms. The first-order valence-electron chi connectivity index (χ1n) is 13.3. The number of nitrogens with zero attached hydrogens (tertiary/aromatic N) is 1. The van der Waals surface area contributed by atoms with Crippen LogP contribution in [0.15, 0.2) is 36.4 Å². The predicted octanol–water partition coefficient (Wildman–Crippen LogP) is 2.75. The molecule has 0 fully saturated rings. The van der Waals surface area contributed by atoms with Crippen LogP contribution in [0.25, 0.3) is 0 Å². The third-order valence-electron chi connectivity index (χ3n) is 7.09. The number of aldehydes is 1. The average Bonchev–Trinajstić information content (AvgIpc) is 3.30. The number of rotatable bonds is 14. The monoisotopic (exact) mass is 528 g/mol. The molecule has 0 radical (unpaired) electrons. The summed E-state index contributed by atoms with van der Waals surface area (Å²) in [7, 11) is 1.46. The van der Waals surface area contributed by atoms with E-state index in [1.165, 1.54) is 7.11 Å². The van der Waals surface area contributed by atoms with Crippen LogP contribution in [0, 0.1) is 5.92 Å². The molecule has 3 rings (SSSR count). The van der Waals surface area contributed by atoms with Crippen molar-refractivity contribution in [1.82, 2.24) is 10.2 Å². The molecule has 1 aliphatic heterocycles. The Morgan fingerprint density at radius 2 is 2.05 bits per heavy atom. The summed E-state index contributed by atoms with van der Waals surface area (Å²) in [4.78, 5) is 40.0. The zero-order valence-corrected chi connectivity index (χ0v) is 22.5. The number of methoxy groups -OCH3 is 1. The lowest BCUT2D eigenvalue weighted by Gasteiger charge is -2.41. The van der Waals surface area contributed by atoms with Crippen LogP contribution in [0.4, 0.5) is 0 Å². The Balaban J connectivity index is 2.05. The van der Waals surface area contributed by atoms with Crippen LogP contribution >= 0.6 is 0 Å². The maximum absolute atomic E-state index is 13.4. The number of carbonyl (C=O) groups is 3. The Hall–Kier alpha value is -3.17. The molecule has 38 heavy (non-hydrogen) atoms. The minimum absolute atomic E-state index is 0.0471. The minimum Gasteiger partial charge on any atom is -0.493 e. The van der Waals surface area contributed by atoms with Crippen LogP contribution in [0.1, 0.15) is 67.8 Å². The van der Waals surface area contributed by atoms with Crippen LogP contribution in [0.2, 0.25) is 0 Å². The second kappa shape index (κ2) is 13.6. The number of aliphatic hydroxyl groups excluding tert-OH is 2. The summed E-state index contributed by atoms with van der Waals surface area (Å²) in [5.74, 6) is -0.196. The molecule has 9 heteroatoms. The van der Waals surface area contributed by atoms with Crippen molar-refractivity contribution >= 4 is 18.1 Å². The predicted molar refractivity (Wildman–Crippen MR) is 143 cm³/mol. The number of nitrogens with one attached hydrogen (secondary N) is 1. The normalized spacial score (nSPS) is 21.6. The molecular weight excluding hydrogens is 488 g/mol. The summed E-state index contributed by atoms with van der Waals surface area (Å²) in [6.07, 6.45) is 5.56. The summed E-state index contributed by atoms with van der Waals surface area (Å²) >= 11 is 0. The maximum atomic E-state index is 13.4. The molecule has 0 aromatic heterocycles. The van der Waals surface area contributed by atoms with Crippen molar-refractivity contribution in [1.29, 1.82) is 0 Å². The van der Waals surface area contributed by atoms with Gasteiger partial charge < -0.3 is 29.9 Å². The highest BCUT2D eigenvalue weighted by atomic mass is 16.5. The van der Waals surface area contributed by atoms with Crippen molar-refractivity contribution in [2.45, 2.75) is 70.1 Å². The zero-order valence-electron chi connectivity index (χ0n) is 22.5. The third kappa shape index (κ3) is 6.45. The van der Waals surface area contributed by atoms with Crippen LogP contribution in [0.5, 0.6) is 11.5 Å². The van der Waals surface area contributed by atoms with E-state index in [-0.39, 0.29) is 19.1 Å². The molecule has 2 aliphatic rings. The molecule has 0 saturated heterocycles. The summed E-state index contributed by atoms with van der Waals surface area (Å²) in [5.41, 5.74) is 1.23. The van der Waals surface area contributed by atoms with E-state index in [1.54, 1.807) is 23.1 Å². The first-order chi connectivity index (χ1) is 18.3. The van der Waals surface area contributed by atoms with Crippen molar-refractivity contribution in [2.24, 2.45) is 5.92 Å². The lowest BCUT2D eigenvalue weighted by atomic mass is 9.77. The number of hydrogen-bond acceptors (Lipinski definition) is 7. The van der Waals surface area contributed by atoms with E-state index in [2.05, 4.69) is 25.7 Å². The quantitative estimate of drug-likeness (QED) is 0.193. The molecule has 1 heterocycles. The van der Waals surface area contributed by atoms with Crippen molar-refractivity contribution in [3.8, 4) is 11.5 Å². The SMILES string of the molecule is C=CCCCCC(=O)N(CCC(C)C)C1C=C(C(=O)NCCO)C2c3cc(C=O)cc(OC)c3OC2C1O. The molecule has 1 aliphatic carbocycles. The fourth-order valence-electron chi connectivity index (χ4n) is 5.10. The standard InChI is InChI=1S/C29H40N2O7/c1-5-6-7-8-9-24(34)31(12-10-18(2)3)22-16-21(29(36)30-11-13-32)25-20-14-19(17-33)15-23(37-4)27(20)38-28(25)26(22)35/h5,14-18,22,25-26,28,32,35H,1,6-13H2,2-4H3,(H,30,36). The number of amides is 2. The highest BCUT2D eigenvalue weighted by Gasteiger charge is 2.51. The van der Waals surface area contributed by atoms with Crippen molar-refractivity contribution in [3.63, 3.8) is 0 Å². The topological polar surface area (TPSA) is 125 Å². The van der Waals surface area contributed by atoms with Crippen molar-refractivity contribution in [2.75, 3.05) is 26.8 Å². The smallest absolute Gasteiger partial charge is 0.247 e. The van der Waals surface area contributed by atoms with Crippen molar-refractivity contribution in [3.05, 3.63) is 47.6 Å². The molecule has 0 bridgehead atoms. The molecule has 3 N–H and O–H groups in total.